The van der Waals surface area contributed by atoms with Gasteiger partial charge in [-0.05, 0) is 56.4 Å². The molecule has 2 aromatic rings. The van der Waals surface area contributed by atoms with Gasteiger partial charge in [0, 0.05) is 18.8 Å². The maximum Gasteiger partial charge on any atom is 0.263 e. The van der Waals surface area contributed by atoms with Gasteiger partial charge in [-0.3, -0.25) is 9.52 Å². The number of hydrogen-bond acceptors (Lipinski definition) is 5. The molecule has 1 fully saturated rings. The van der Waals surface area contributed by atoms with Gasteiger partial charge in [-0.1, -0.05) is 24.1 Å². The monoisotopic (exact) mass is 407 g/mol. The SMILES string of the molecule is Cc1ccc(NS(=O)(=O)c2ccsc2C(=O)NCCN2CCCCC2)cc1. The fraction of sp³-hybridized carbons (Fsp3) is 0.421. The largest absolute Gasteiger partial charge is 0.350 e. The number of nitrogens with one attached hydrogen (secondary N) is 2. The van der Waals surface area contributed by atoms with Crippen molar-refractivity contribution in [3.05, 3.63) is 46.2 Å². The van der Waals surface area contributed by atoms with Crippen LogP contribution >= 0.6 is 11.3 Å². The molecular formula is C19H25N3O3S2. The van der Waals surface area contributed by atoms with Crippen molar-refractivity contribution in [2.45, 2.75) is 31.1 Å². The lowest BCUT2D eigenvalue weighted by Crippen LogP contribution is -2.37. The molecule has 0 aliphatic carbocycles. The molecule has 1 amide bonds. The molecule has 0 spiro atoms. The van der Waals surface area contributed by atoms with Crippen molar-refractivity contribution in [2.75, 3.05) is 30.9 Å². The third-order valence-electron chi connectivity index (χ3n) is 4.59. The van der Waals surface area contributed by atoms with Gasteiger partial charge in [0.05, 0.1) is 0 Å². The lowest BCUT2D eigenvalue weighted by Gasteiger charge is -2.26. The molecule has 8 heteroatoms. The molecule has 6 nitrogen and oxygen atoms in total. The Labute approximate surface area is 164 Å². The van der Waals surface area contributed by atoms with E-state index >= 15 is 0 Å². The maximum atomic E-state index is 12.7. The van der Waals surface area contributed by atoms with Crippen molar-refractivity contribution < 1.29 is 13.2 Å². The zero-order valence-corrected chi connectivity index (χ0v) is 17.0. The topological polar surface area (TPSA) is 78.5 Å². The van der Waals surface area contributed by atoms with Crippen molar-refractivity contribution in [1.29, 1.82) is 0 Å². The smallest absolute Gasteiger partial charge is 0.263 e. The molecule has 3 rings (SSSR count). The summed E-state index contributed by atoms with van der Waals surface area (Å²) in [5.41, 5.74) is 1.52. The van der Waals surface area contributed by atoms with Crippen LogP contribution in [0.5, 0.6) is 0 Å². The number of anilines is 1. The first-order valence-electron chi connectivity index (χ1n) is 9.13. The molecule has 1 aromatic heterocycles. The first-order chi connectivity index (χ1) is 13.0. The van der Waals surface area contributed by atoms with Crippen LogP contribution in [0.3, 0.4) is 0 Å². The Balaban J connectivity index is 1.63. The van der Waals surface area contributed by atoms with E-state index in [9.17, 15) is 13.2 Å². The highest BCUT2D eigenvalue weighted by Crippen LogP contribution is 2.24. The van der Waals surface area contributed by atoms with Crippen molar-refractivity contribution in [3.63, 3.8) is 0 Å². The molecule has 2 N–H and O–H groups in total. The summed E-state index contributed by atoms with van der Waals surface area (Å²) < 4.78 is 27.9. The van der Waals surface area contributed by atoms with Crippen molar-refractivity contribution in [2.24, 2.45) is 0 Å². The number of hydrogen-bond donors (Lipinski definition) is 2. The summed E-state index contributed by atoms with van der Waals surface area (Å²) in [7, 11) is -3.81. The van der Waals surface area contributed by atoms with Crippen molar-refractivity contribution >= 4 is 33.0 Å². The Hall–Kier alpha value is -1.90. The molecule has 0 bridgehead atoms. The zero-order chi connectivity index (χ0) is 19.3. The quantitative estimate of drug-likeness (QED) is 0.739. The van der Waals surface area contributed by atoms with Gasteiger partial charge in [0.15, 0.2) is 0 Å². The van der Waals surface area contributed by atoms with Crippen LogP contribution in [0.1, 0.15) is 34.5 Å². The normalized spacial score (nSPS) is 15.4. The number of rotatable bonds is 7. The molecule has 146 valence electrons. The van der Waals surface area contributed by atoms with E-state index in [1.807, 2.05) is 19.1 Å². The van der Waals surface area contributed by atoms with Crippen LogP contribution in [0.25, 0.3) is 0 Å². The predicted molar refractivity (Wildman–Crippen MR) is 109 cm³/mol. The van der Waals surface area contributed by atoms with E-state index < -0.39 is 10.0 Å². The molecule has 0 saturated carbocycles. The van der Waals surface area contributed by atoms with Gasteiger partial charge in [-0.2, -0.15) is 0 Å². The number of piperidine rings is 1. The Morgan fingerprint density at radius 2 is 1.81 bits per heavy atom. The molecule has 1 saturated heterocycles. The third-order valence-corrected chi connectivity index (χ3v) is 7.06. The highest BCUT2D eigenvalue weighted by Gasteiger charge is 2.24. The minimum atomic E-state index is -3.81. The van der Waals surface area contributed by atoms with Crippen molar-refractivity contribution in [3.8, 4) is 0 Å². The number of carbonyl (C=O) groups excluding carboxylic acids is 1. The highest BCUT2D eigenvalue weighted by molar-refractivity contribution is 7.93. The summed E-state index contributed by atoms with van der Waals surface area (Å²) in [5, 5.41) is 4.48. The number of benzene rings is 1. The van der Waals surface area contributed by atoms with Gasteiger partial charge in [0.1, 0.15) is 9.77 Å². The molecule has 1 aliphatic rings. The molecule has 0 unspecified atom stereocenters. The van der Waals surface area contributed by atoms with Crippen LogP contribution in [0.15, 0.2) is 40.6 Å². The Bertz CT molecular complexity index is 870. The van der Waals surface area contributed by atoms with E-state index in [-0.39, 0.29) is 15.7 Å². The van der Waals surface area contributed by atoms with Gasteiger partial charge in [-0.15, -0.1) is 11.3 Å². The van der Waals surface area contributed by atoms with E-state index in [1.54, 1.807) is 17.5 Å². The van der Waals surface area contributed by atoms with Crippen LogP contribution in [-0.2, 0) is 10.0 Å². The van der Waals surface area contributed by atoms with E-state index in [0.717, 1.165) is 36.5 Å². The summed E-state index contributed by atoms with van der Waals surface area (Å²) in [6.07, 6.45) is 3.67. The van der Waals surface area contributed by atoms with E-state index in [0.29, 0.717) is 12.2 Å². The van der Waals surface area contributed by atoms with Crippen LogP contribution in [-0.4, -0.2) is 45.4 Å². The maximum absolute atomic E-state index is 12.7. The Morgan fingerprint density at radius 1 is 1.11 bits per heavy atom. The minimum Gasteiger partial charge on any atom is -0.350 e. The molecule has 0 atom stereocenters. The second kappa shape index (κ2) is 8.86. The average Bonchev–Trinajstić information content (AvgIpc) is 3.15. The first kappa shape index (κ1) is 19.9. The summed E-state index contributed by atoms with van der Waals surface area (Å²) >= 11 is 1.14. The zero-order valence-electron chi connectivity index (χ0n) is 15.4. The number of thiophene rings is 1. The summed E-state index contributed by atoms with van der Waals surface area (Å²) in [6.45, 7) is 5.37. The number of carbonyl (C=O) groups is 1. The number of amides is 1. The number of likely N-dealkylation sites (tertiary alicyclic amines) is 1. The standard InChI is InChI=1S/C19H25N3O3S2/c1-15-5-7-16(8-6-15)21-27(24,25)17-9-14-26-18(17)19(23)20-10-13-22-11-3-2-4-12-22/h5-9,14,21H,2-4,10-13H2,1H3,(H,20,23). The van der Waals surface area contributed by atoms with Gasteiger partial charge >= 0.3 is 0 Å². The minimum absolute atomic E-state index is 0.0172. The fourth-order valence-corrected chi connectivity index (χ4v) is 5.50. The molecular weight excluding hydrogens is 382 g/mol. The first-order valence-corrected chi connectivity index (χ1v) is 11.5. The molecule has 27 heavy (non-hydrogen) atoms. The van der Waals surface area contributed by atoms with Crippen LogP contribution < -0.4 is 10.0 Å². The molecule has 1 aromatic carbocycles. The summed E-state index contributed by atoms with van der Waals surface area (Å²) in [5.74, 6) is -0.341. The summed E-state index contributed by atoms with van der Waals surface area (Å²) in [4.78, 5) is 15.1. The summed E-state index contributed by atoms with van der Waals surface area (Å²) in [6, 6.07) is 8.55. The van der Waals surface area contributed by atoms with Crippen LogP contribution in [0.2, 0.25) is 0 Å². The second-order valence-electron chi connectivity index (χ2n) is 6.74. The second-order valence-corrected chi connectivity index (χ2v) is 9.31. The number of aryl methyl sites for hydroxylation is 1. The van der Waals surface area contributed by atoms with Gasteiger partial charge < -0.3 is 10.2 Å². The lowest BCUT2D eigenvalue weighted by atomic mass is 10.1. The van der Waals surface area contributed by atoms with E-state index in [4.69, 9.17) is 0 Å². The van der Waals surface area contributed by atoms with E-state index in [1.165, 1.54) is 25.3 Å². The molecule has 1 aliphatic heterocycles. The Kier molecular flexibility index (Phi) is 6.51. The van der Waals surface area contributed by atoms with Crippen LogP contribution in [0, 0.1) is 6.92 Å². The van der Waals surface area contributed by atoms with Crippen LogP contribution in [0.4, 0.5) is 5.69 Å². The third kappa shape index (κ3) is 5.31. The van der Waals surface area contributed by atoms with Gasteiger partial charge in [-0.25, -0.2) is 8.42 Å². The highest BCUT2D eigenvalue weighted by atomic mass is 32.2. The fourth-order valence-electron chi connectivity index (χ4n) is 3.10. The number of sulfonamides is 1. The van der Waals surface area contributed by atoms with Crippen molar-refractivity contribution in [1.82, 2.24) is 10.2 Å². The molecule has 0 radical (unpaired) electrons. The van der Waals surface area contributed by atoms with Gasteiger partial charge in [0.25, 0.3) is 15.9 Å². The average molecular weight is 408 g/mol. The number of nitrogens with zero attached hydrogens (tertiary/aromatic N) is 1. The Morgan fingerprint density at radius 3 is 2.52 bits per heavy atom. The van der Waals surface area contributed by atoms with Gasteiger partial charge in [0.2, 0.25) is 0 Å². The van der Waals surface area contributed by atoms with E-state index in [2.05, 4.69) is 14.9 Å². The predicted octanol–water partition coefficient (Wildman–Crippen LogP) is 3.07. The lowest BCUT2D eigenvalue weighted by molar-refractivity contribution is 0.0947. The molecule has 2 heterocycles.